The van der Waals surface area contributed by atoms with Gasteiger partial charge in [-0.05, 0) is 18.8 Å². The zero-order valence-corrected chi connectivity index (χ0v) is 14.0. The van der Waals surface area contributed by atoms with Crippen LogP contribution in [-0.4, -0.2) is 60.3 Å². The molecule has 6 heteroatoms. The number of nitrogens with zero attached hydrogens (tertiary/aromatic N) is 3. The third-order valence-corrected chi connectivity index (χ3v) is 5.59. The van der Waals surface area contributed by atoms with Crippen LogP contribution in [0.3, 0.4) is 0 Å². The molecule has 0 unspecified atom stereocenters. The molecule has 6 nitrogen and oxygen atoms in total. The first-order chi connectivity index (χ1) is 11.5. The Hall–Kier alpha value is -2.37. The Bertz CT molecular complexity index is 715. The van der Waals surface area contributed by atoms with Gasteiger partial charge in [0.25, 0.3) is 5.91 Å². The lowest BCUT2D eigenvalue weighted by atomic mass is 9.85. The maximum atomic E-state index is 12.8. The van der Waals surface area contributed by atoms with E-state index in [9.17, 15) is 9.59 Å². The molecule has 2 heterocycles. The second-order valence-electron chi connectivity index (χ2n) is 7.19. The van der Waals surface area contributed by atoms with Crippen LogP contribution >= 0.6 is 0 Å². The molecule has 24 heavy (non-hydrogen) atoms. The summed E-state index contributed by atoms with van der Waals surface area (Å²) in [6.45, 7) is 1.34. The molecular weight excluding hydrogens is 304 g/mol. The second kappa shape index (κ2) is 5.33. The third kappa shape index (κ3) is 2.12. The maximum Gasteiger partial charge on any atom is 0.319 e. The zero-order chi connectivity index (χ0) is 16.9. The molecule has 0 bridgehead atoms. The number of rotatable bonds is 1. The van der Waals surface area contributed by atoms with Gasteiger partial charge < -0.3 is 15.1 Å². The molecule has 0 aromatic heterocycles. The molecule has 1 aromatic rings. The van der Waals surface area contributed by atoms with E-state index in [-0.39, 0.29) is 17.9 Å². The predicted molar refractivity (Wildman–Crippen MR) is 90.7 cm³/mol. The Morgan fingerprint density at radius 2 is 2.04 bits per heavy atom. The highest BCUT2D eigenvalue weighted by atomic mass is 16.2. The van der Waals surface area contributed by atoms with Gasteiger partial charge >= 0.3 is 6.03 Å². The lowest BCUT2D eigenvalue weighted by Gasteiger charge is -2.26. The Morgan fingerprint density at radius 3 is 2.75 bits per heavy atom. The summed E-state index contributed by atoms with van der Waals surface area (Å²) in [5.41, 5.74) is 0.238. The largest absolute Gasteiger partial charge is 0.331 e. The van der Waals surface area contributed by atoms with Gasteiger partial charge in [-0.3, -0.25) is 9.79 Å². The van der Waals surface area contributed by atoms with Crippen molar-refractivity contribution in [2.75, 3.05) is 27.2 Å². The molecule has 3 aliphatic rings. The van der Waals surface area contributed by atoms with Gasteiger partial charge in [0, 0.05) is 38.7 Å². The minimum absolute atomic E-state index is 0.00648. The molecular formula is C18H22N4O2. The van der Waals surface area contributed by atoms with Gasteiger partial charge in [-0.25, -0.2) is 4.79 Å². The number of aliphatic imine (C=N–C) groups is 1. The van der Waals surface area contributed by atoms with E-state index in [1.807, 2.05) is 35.2 Å². The molecule has 2 fully saturated rings. The van der Waals surface area contributed by atoms with E-state index in [0.717, 1.165) is 24.9 Å². The van der Waals surface area contributed by atoms with Gasteiger partial charge in [-0.15, -0.1) is 0 Å². The molecule has 2 aliphatic heterocycles. The Balaban J connectivity index is 1.63. The van der Waals surface area contributed by atoms with Crippen molar-refractivity contribution in [3.63, 3.8) is 0 Å². The van der Waals surface area contributed by atoms with E-state index >= 15 is 0 Å². The summed E-state index contributed by atoms with van der Waals surface area (Å²) in [6.07, 6.45) is 1.72. The molecule has 1 saturated carbocycles. The number of amidine groups is 1. The van der Waals surface area contributed by atoms with E-state index in [1.54, 1.807) is 19.0 Å². The monoisotopic (exact) mass is 326 g/mol. The molecule has 3 atom stereocenters. The minimum atomic E-state index is -0.697. The first kappa shape index (κ1) is 15.2. The summed E-state index contributed by atoms with van der Waals surface area (Å²) >= 11 is 0. The van der Waals surface area contributed by atoms with E-state index in [4.69, 9.17) is 4.99 Å². The number of hydrogen-bond donors (Lipinski definition) is 1. The fourth-order valence-corrected chi connectivity index (χ4v) is 4.38. The van der Waals surface area contributed by atoms with Gasteiger partial charge in [0.2, 0.25) is 0 Å². The van der Waals surface area contributed by atoms with Crippen molar-refractivity contribution in [3.8, 4) is 0 Å². The number of fused-ring (bicyclic) bond motifs is 2. The number of urea groups is 1. The van der Waals surface area contributed by atoms with Crippen LogP contribution in [0.25, 0.3) is 0 Å². The Labute approximate surface area is 141 Å². The van der Waals surface area contributed by atoms with Crippen LogP contribution in [-0.2, 0) is 4.79 Å². The second-order valence-corrected chi connectivity index (χ2v) is 7.19. The zero-order valence-electron chi connectivity index (χ0n) is 14.0. The van der Waals surface area contributed by atoms with Crippen LogP contribution < -0.4 is 5.32 Å². The van der Waals surface area contributed by atoms with Crippen molar-refractivity contribution >= 4 is 17.8 Å². The van der Waals surface area contributed by atoms with Crippen LogP contribution in [0.1, 0.15) is 18.4 Å². The van der Waals surface area contributed by atoms with E-state index < -0.39 is 5.54 Å². The smallest absolute Gasteiger partial charge is 0.319 e. The number of likely N-dealkylation sites (tertiary alicyclic amines) is 1. The van der Waals surface area contributed by atoms with Gasteiger partial charge in [0.05, 0.1) is 0 Å². The SMILES string of the molecule is CN(C)C(=O)N1C[C@@H]2CC[C@]3(N=C(c4ccccc4)NC3=O)[C@@H]2C1. The summed E-state index contributed by atoms with van der Waals surface area (Å²) in [5.74, 6) is 1.13. The number of nitrogens with one attached hydrogen (secondary N) is 1. The van der Waals surface area contributed by atoms with Crippen molar-refractivity contribution in [3.05, 3.63) is 35.9 Å². The number of amides is 3. The van der Waals surface area contributed by atoms with E-state index in [2.05, 4.69) is 5.32 Å². The minimum Gasteiger partial charge on any atom is -0.331 e. The summed E-state index contributed by atoms with van der Waals surface area (Å²) in [4.78, 5) is 33.4. The van der Waals surface area contributed by atoms with Crippen LogP contribution in [0.5, 0.6) is 0 Å². The van der Waals surface area contributed by atoms with Crippen molar-refractivity contribution in [1.29, 1.82) is 0 Å². The van der Waals surface area contributed by atoms with Crippen LogP contribution in [0.15, 0.2) is 35.3 Å². The third-order valence-electron chi connectivity index (χ3n) is 5.59. The molecule has 126 valence electrons. The first-order valence-corrected chi connectivity index (χ1v) is 8.44. The highest BCUT2D eigenvalue weighted by Gasteiger charge is 2.59. The van der Waals surface area contributed by atoms with Crippen LogP contribution in [0.2, 0.25) is 0 Å². The maximum absolute atomic E-state index is 12.8. The fraction of sp³-hybridized carbons (Fsp3) is 0.500. The highest BCUT2D eigenvalue weighted by molar-refractivity contribution is 6.15. The first-order valence-electron chi connectivity index (χ1n) is 8.44. The lowest BCUT2D eigenvalue weighted by Crippen LogP contribution is -2.46. The van der Waals surface area contributed by atoms with Gasteiger partial charge in [-0.1, -0.05) is 30.3 Å². The van der Waals surface area contributed by atoms with Crippen LogP contribution in [0.4, 0.5) is 4.79 Å². The average Bonchev–Trinajstić information content (AvgIpc) is 3.24. The fourth-order valence-electron chi connectivity index (χ4n) is 4.38. The van der Waals surface area contributed by atoms with Crippen molar-refractivity contribution in [2.24, 2.45) is 16.8 Å². The molecule has 1 aromatic carbocycles. The molecule has 1 N–H and O–H groups in total. The molecule has 1 saturated heterocycles. The predicted octanol–water partition coefficient (Wildman–Crippen LogP) is 1.33. The molecule has 4 rings (SSSR count). The molecule has 3 amide bonds. The quantitative estimate of drug-likeness (QED) is 0.846. The lowest BCUT2D eigenvalue weighted by molar-refractivity contribution is -0.124. The average molecular weight is 326 g/mol. The van der Waals surface area contributed by atoms with Crippen molar-refractivity contribution < 1.29 is 9.59 Å². The Kier molecular flexibility index (Phi) is 3.37. The van der Waals surface area contributed by atoms with Crippen LogP contribution in [0, 0.1) is 11.8 Å². The highest BCUT2D eigenvalue weighted by Crippen LogP contribution is 2.49. The van der Waals surface area contributed by atoms with Crippen molar-refractivity contribution in [1.82, 2.24) is 15.1 Å². The standard InChI is InChI=1S/C18H22N4O2/c1-21(2)17(24)22-10-13-8-9-18(14(13)11-22)16(23)19-15(20-18)12-6-4-3-5-7-12/h3-7,13-14H,8-11H2,1-2H3,(H,19,20,23)/t13-,14+,18-/m0/s1. The molecule has 1 spiro atoms. The number of carbonyl (C=O) groups excluding carboxylic acids is 2. The number of benzene rings is 1. The van der Waals surface area contributed by atoms with Crippen molar-refractivity contribution in [2.45, 2.75) is 18.4 Å². The topological polar surface area (TPSA) is 65.0 Å². The molecule has 0 radical (unpaired) electrons. The number of carbonyl (C=O) groups is 2. The van der Waals surface area contributed by atoms with Gasteiger partial charge in [0.15, 0.2) is 0 Å². The van der Waals surface area contributed by atoms with Gasteiger partial charge in [-0.2, -0.15) is 0 Å². The van der Waals surface area contributed by atoms with E-state index in [1.165, 1.54) is 0 Å². The summed E-state index contributed by atoms with van der Waals surface area (Å²) in [5, 5.41) is 2.98. The normalized spacial score (nSPS) is 31.2. The summed E-state index contributed by atoms with van der Waals surface area (Å²) < 4.78 is 0. The Morgan fingerprint density at radius 1 is 1.29 bits per heavy atom. The van der Waals surface area contributed by atoms with Gasteiger partial charge in [0.1, 0.15) is 11.4 Å². The number of hydrogen-bond acceptors (Lipinski definition) is 3. The molecule has 1 aliphatic carbocycles. The summed E-state index contributed by atoms with van der Waals surface area (Å²) in [6, 6.07) is 9.77. The summed E-state index contributed by atoms with van der Waals surface area (Å²) in [7, 11) is 3.53. The van der Waals surface area contributed by atoms with E-state index in [0.29, 0.717) is 18.3 Å².